The van der Waals surface area contributed by atoms with E-state index >= 15 is 4.39 Å². The van der Waals surface area contributed by atoms with Gasteiger partial charge in [-0.3, -0.25) is 14.8 Å². The highest BCUT2D eigenvalue weighted by molar-refractivity contribution is 5.91. The molecule has 3 aromatic rings. The second-order valence-corrected chi connectivity index (χ2v) is 10.3. The molecule has 2 aromatic heterocycles. The normalized spacial score (nSPS) is 18.0. The van der Waals surface area contributed by atoms with Crippen LogP contribution in [-0.2, 0) is 15.0 Å². The molecule has 1 aliphatic heterocycles. The average molecular weight is 520 g/mol. The zero-order chi connectivity index (χ0) is 27.1. The lowest BCUT2D eigenvalue weighted by Gasteiger charge is -2.26. The Bertz CT molecular complexity index is 1390. The Morgan fingerprint density at radius 1 is 1.29 bits per heavy atom. The number of carbonyl (C=O) groups is 2. The van der Waals surface area contributed by atoms with Gasteiger partial charge in [0.1, 0.15) is 29.5 Å². The molecule has 1 saturated carbocycles. The predicted octanol–water partition coefficient (Wildman–Crippen LogP) is 5.55. The fourth-order valence-electron chi connectivity index (χ4n) is 4.23. The minimum absolute atomic E-state index is 0.0334. The maximum atomic E-state index is 15.1. The Morgan fingerprint density at radius 3 is 2.66 bits per heavy atom. The Hall–Kier alpha value is -4.46. The molecule has 10 nitrogen and oxygen atoms in total. The third kappa shape index (κ3) is 5.02. The second-order valence-electron chi connectivity index (χ2n) is 10.3. The largest absolute Gasteiger partial charge is 0.443 e. The van der Waals surface area contributed by atoms with Gasteiger partial charge in [0.05, 0.1) is 18.8 Å². The molecule has 2 amide bonds. The van der Waals surface area contributed by atoms with Crippen molar-refractivity contribution in [2.45, 2.75) is 50.9 Å². The fraction of sp³-hybridized carbons (Fsp3) is 0.370. The van der Waals surface area contributed by atoms with Crippen LogP contribution in [-0.4, -0.2) is 47.1 Å². The van der Waals surface area contributed by atoms with Crippen molar-refractivity contribution < 1.29 is 28.0 Å². The molecular weight excluding hydrogens is 493 g/mol. The number of cyclic esters (lactones) is 1. The number of hydrogen-bond donors (Lipinski definition) is 0. The van der Waals surface area contributed by atoms with Gasteiger partial charge < -0.3 is 18.8 Å². The minimum Gasteiger partial charge on any atom is -0.443 e. The van der Waals surface area contributed by atoms with Crippen molar-refractivity contribution in [2.24, 2.45) is 0 Å². The van der Waals surface area contributed by atoms with Gasteiger partial charge in [0.25, 0.3) is 5.54 Å². The number of amides is 2. The van der Waals surface area contributed by atoms with Crippen molar-refractivity contribution in [3.63, 3.8) is 0 Å². The predicted molar refractivity (Wildman–Crippen MR) is 135 cm³/mol. The van der Waals surface area contributed by atoms with Gasteiger partial charge in [-0.15, -0.1) is 0 Å². The smallest absolute Gasteiger partial charge is 0.416 e. The lowest BCUT2D eigenvalue weighted by atomic mass is 10.0. The summed E-state index contributed by atoms with van der Waals surface area (Å²) in [4.78, 5) is 36.1. The summed E-state index contributed by atoms with van der Waals surface area (Å²) < 4.78 is 30.9. The van der Waals surface area contributed by atoms with Crippen LogP contribution in [0.15, 0.2) is 53.4 Å². The number of ether oxygens (including phenoxy) is 2. The molecule has 38 heavy (non-hydrogen) atoms. The Labute approximate surface area is 218 Å². The summed E-state index contributed by atoms with van der Waals surface area (Å²) in [5.74, 6) is -0.314. The number of nitrogens with zero attached hydrogens (tertiary/aromatic N) is 5. The third-order valence-electron chi connectivity index (χ3n) is 6.33. The Kier molecular flexibility index (Phi) is 6.26. The van der Waals surface area contributed by atoms with Crippen LogP contribution in [0.4, 0.5) is 25.5 Å². The van der Waals surface area contributed by atoms with E-state index in [1.54, 1.807) is 51.2 Å². The maximum Gasteiger partial charge on any atom is 0.416 e. The molecule has 0 bridgehead atoms. The molecule has 0 spiro atoms. The lowest BCUT2D eigenvalue weighted by Crippen LogP contribution is -2.42. The van der Waals surface area contributed by atoms with Crippen LogP contribution >= 0.6 is 0 Å². The molecule has 1 aliphatic carbocycles. The molecule has 0 unspecified atom stereocenters. The van der Waals surface area contributed by atoms with Crippen molar-refractivity contribution in [3.05, 3.63) is 71.8 Å². The van der Waals surface area contributed by atoms with E-state index in [0.717, 1.165) is 12.8 Å². The molecule has 2 aliphatic rings. The molecule has 11 heteroatoms. The van der Waals surface area contributed by atoms with E-state index in [1.807, 2.05) is 0 Å². The number of aromatic nitrogens is 2. The molecule has 1 aromatic carbocycles. The summed E-state index contributed by atoms with van der Waals surface area (Å²) in [6.07, 6.45) is 2.41. The standard InChI is InChI=1S/C27H26FN5O5/c1-26(2,3)38-25(35)33(23-9-12-36-31-23)16-19-15-32(24(34)37-19)18-6-7-20(21(28)13-18)17-5-8-22(30-14-17)27(29-4)10-11-27/h5-9,12-14,19H,10-11,15-16H2,1-3H3/t19-/m1/s1. The summed E-state index contributed by atoms with van der Waals surface area (Å²) >= 11 is 0. The van der Waals surface area contributed by atoms with E-state index in [-0.39, 0.29) is 18.9 Å². The minimum atomic E-state index is -0.747. The molecule has 3 heterocycles. The zero-order valence-electron chi connectivity index (χ0n) is 21.2. The van der Waals surface area contributed by atoms with Crippen molar-refractivity contribution in [3.8, 4) is 11.1 Å². The van der Waals surface area contributed by atoms with Gasteiger partial charge in [0.15, 0.2) is 5.82 Å². The monoisotopic (exact) mass is 519 g/mol. The maximum absolute atomic E-state index is 15.1. The van der Waals surface area contributed by atoms with E-state index < -0.39 is 35.2 Å². The summed E-state index contributed by atoms with van der Waals surface area (Å²) in [7, 11) is 0. The van der Waals surface area contributed by atoms with Gasteiger partial charge in [-0.2, -0.15) is 0 Å². The van der Waals surface area contributed by atoms with Crippen LogP contribution in [0, 0.1) is 12.4 Å². The second kappa shape index (κ2) is 9.45. The highest BCUT2D eigenvalue weighted by Crippen LogP contribution is 2.48. The summed E-state index contributed by atoms with van der Waals surface area (Å²) in [6.45, 7) is 12.6. The van der Waals surface area contributed by atoms with Crippen LogP contribution in [0.3, 0.4) is 0 Å². The molecule has 1 atom stereocenters. The average Bonchev–Trinajstić information content (AvgIpc) is 3.30. The highest BCUT2D eigenvalue weighted by atomic mass is 19.1. The van der Waals surface area contributed by atoms with E-state index in [1.165, 1.54) is 28.2 Å². The number of carbonyl (C=O) groups excluding carboxylic acids is 2. The highest BCUT2D eigenvalue weighted by Gasteiger charge is 2.54. The topological polar surface area (TPSA) is 102 Å². The van der Waals surface area contributed by atoms with Gasteiger partial charge in [-0.1, -0.05) is 11.2 Å². The number of hydrogen-bond acceptors (Lipinski definition) is 7. The van der Waals surface area contributed by atoms with Crippen molar-refractivity contribution in [1.29, 1.82) is 0 Å². The molecule has 5 rings (SSSR count). The van der Waals surface area contributed by atoms with Crippen LogP contribution in [0.25, 0.3) is 16.0 Å². The molecule has 0 radical (unpaired) electrons. The fourth-order valence-corrected chi connectivity index (χ4v) is 4.23. The number of benzene rings is 1. The van der Waals surface area contributed by atoms with Gasteiger partial charge in [-0.25, -0.2) is 20.6 Å². The molecule has 1 saturated heterocycles. The van der Waals surface area contributed by atoms with Crippen LogP contribution in [0.1, 0.15) is 39.3 Å². The number of anilines is 2. The van der Waals surface area contributed by atoms with E-state index in [4.69, 9.17) is 20.6 Å². The van der Waals surface area contributed by atoms with E-state index in [0.29, 0.717) is 22.5 Å². The van der Waals surface area contributed by atoms with Gasteiger partial charge in [-0.05, 0) is 45.0 Å². The van der Waals surface area contributed by atoms with Gasteiger partial charge in [0, 0.05) is 36.2 Å². The lowest BCUT2D eigenvalue weighted by molar-refractivity contribution is 0.0556. The first-order valence-electron chi connectivity index (χ1n) is 12.1. The SMILES string of the molecule is [C-]#[N+]C1(c2ccc(-c3ccc(N4C[C@H](CN(C(=O)OC(C)(C)C)c5ccon5)OC4=O)cc3F)cn2)CC1. The third-order valence-corrected chi connectivity index (χ3v) is 6.33. The van der Waals surface area contributed by atoms with Crippen molar-refractivity contribution in [1.82, 2.24) is 10.1 Å². The van der Waals surface area contributed by atoms with E-state index in [9.17, 15) is 9.59 Å². The quantitative estimate of drug-likeness (QED) is 0.394. The molecule has 0 N–H and O–H groups in total. The molecule has 196 valence electrons. The van der Waals surface area contributed by atoms with E-state index in [2.05, 4.69) is 15.0 Å². The van der Waals surface area contributed by atoms with Crippen LogP contribution in [0.5, 0.6) is 0 Å². The summed E-state index contributed by atoms with van der Waals surface area (Å²) in [6, 6.07) is 9.48. The number of halogens is 1. The zero-order valence-corrected chi connectivity index (χ0v) is 21.2. The van der Waals surface area contributed by atoms with Gasteiger partial charge in [0.2, 0.25) is 0 Å². The number of pyridine rings is 1. The summed E-state index contributed by atoms with van der Waals surface area (Å²) in [5.41, 5.74) is 0.639. The van der Waals surface area contributed by atoms with Gasteiger partial charge >= 0.3 is 12.2 Å². The first kappa shape index (κ1) is 25.2. The Morgan fingerprint density at radius 2 is 2.08 bits per heavy atom. The molecular formula is C27H26FN5O5. The first-order chi connectivity index (χ1) is 18.1. The van der Waals surface area contributed by atoms with Crippen LogP contribution < -0.4 is 9.80 Å². The van der Waals surface area contributed by atoms with Crippen molar-refractivity contribution in [2.75, 3.05) is 22.9 Å². The van der Waals surface area contributed by atoms with Crippen LogP contribution in [0.2, 0.25) is 0 Å². The molecule has 2 fully saturated rings. The van der Waals surface area contributed by atoms with Crippen molar-refractivity contribution >= 4 is 23.7 Å². The number of rotatable bonds is 6. The summed E-state index contributed by atoms with van der Waals surface area (Å²) in [5, 5.41) is 3.81. The first-order valence-corrected chi connectivity index (χ1v) is 12.1. The Balaban J connectivity index is 1.30.